The van der Waals surface area contributed by atoms with E-state index < -0.39 is 0 Å². The molecular formula is C19H24N2OS2. The monoisotopic (exact) mass is 360 g/mol. The molecule has 3 nitrogen and oxygen atoms in total. The SMILES string of the molecule is CCOc1ccc(NC(=S)NCCSCc2cccc(C)c2)cc1. The Morgan fingerprint density at radius 3 is 2.67 bits per heavy atom. The zero-order valence-electron chi connectivity index (χ0n) is 14.2. The van der Waals surface area contributed by atoms with Gasteiger partial charge >= 0.3 is 0 Å². The van der Waals surface area contributed by atoms with E-state index in [1.165, 1.54) is 11.1 Å². The summed E-state index contributed by atoms with van der Waals surface area (Å²) in [5, 5.41) is 7.07. The lowest BCUT2D eigenvalue weighted by molar-refractivity contribution is 0.340. The molecule has 0 unspecified atom stereocenters. The van der Waals surface area contributed by atoms with Gasteiger partial charge in [-0.2, -0.15) is 11.8 Å². The number of hydrogen-bond acceptors (Lipinski definition) is 3. The number of hydrogen-bond donors (Lipinski definition) is 2. The number of thiocarbonyl (C=S) groups is 1. The summed E-state index contributed by atoms with van der Waals surface area (Å²) < 4.78 is 5.42. The Kier molecular flexibility index (Phi) is 7.92. The highest BCUT2D eigenvalue weighted by Crippen LogP contribution is 2.15. The summed E-state index contributed by atoms with van der Waals surface area (Å²) in [6.45, 7) is 5.62. The molecule has 0 saturated carbocycles. The molecule has 2 aromatic rings. The van der Waals surface area contributed by atoms with Gasteiger partial charge in [0.15, 0.2) is 5.11 Å². The van der Waals surface area contributed by atoms with E-state index in [1.54, 1.807) is 0 Å². The van der Waals surface area contributed by atoms with E-state index in [2.05, 4.69) is 41.8 Å². The average molecular weight is 361 g/mol. The normalized spacial score (nSPS) is 10.2. The molecule has 0 spiro atoms. The van der Waals surface area contributed by atoms with Gasteiger partial charge in [0.25, 0.3) is 0 Å². The van der Waals surface area contributed by atoms with Gasteiger partial charge in [0.2, 0.25) is 0 Å². The predicted molar refractivity (Wildman–Crippen MR) is 109 cm³/mol. The van der Waals surface area contributed by atoms with Gasteiger partial charge in [0.05, 0.1) is 6.61 Å². The van der Waals surface area contributed by atoms with Gasteiger partial charge in [-0.1, -0.05) is 29.8 Å². The first-order valence-electron chi connectivity index (χ1n) is 8.08. The van der Waals surface area contributed by atoms with E-state index in [4.69, 9.17) is 17.0 Å². The second-order valence-electron chi connectivity index (χ2n) is 5.38. The quantitative estimate of drug-likeness (QED) is 0.530. The Hall–Kier alpha value is -1.72. The van der Waals surface area contributed by atoms with E-state index in [1.807, 2.05) is 43.0 Å². The molecular weight excluding hydrogens is 336 g/mol. The van der Waals surface area contributed by atoms with Crippen LogP contribution in [0.2, 0.25) is 0 Å². The van der Waals surface area contributed by atoms with Gasteiger partial charge in [-0.25, -0.2) is 0 Å². The third-order valence-electron chi connectivity index (χ3n) is 3.31. The lowest BCUT2D eigenvalue weighted by atomic mass is 10.2. The highest BCUT2D eigenvalue weighted by atomic mass is 32.2. The molecule has 0 atom stereocenters. The average Bonchev–Trinajstić information content (AvgIpc) is 2.57. The molecule has 0 fully saturated rings. The second kappa shape index (κ2) is 10.2. The van der Waals surface area contributed by atoms with Gasteiger partial charge in [0.1, 0.15) is 5.75 Å². The molecule has 0 aromatic heterocycles. The van der Waals surface area contributed by atoms with Crippen LogP contribution in [-0.4, -0.2) is 24.0 Å². The summed E-state index contributed by atoms with van der Waals surface area (Å²) >= 11 is 7.22. The summed E-state index contributed by atoms with van der Waals surface area (Å²) in [7, 11) is 0. The van der Waals surface area contributed by atoms with Crippen LogP contribution in [0.3, 0.4) is 0 Å². The van der Waals surface area contributed by atoms with Crippen molar-refractivity contribution in [1.29, 1.82) is 0 Å². The predicted octanol–water partition coefficient (Wildman–Crippen LogP) is 4.61. The lowest BCUT2D eigenvalue weighted by Crippen LogP contribution is -2.30. The molecule has 2 rings (SSSR count). The van der Waals surface area contributed by atoms with Gasteiger partial charge in [0, 0.05) is 23.7 Å². The van der Waals surface area contributed by atoms with Crippen molar-refractivity contribution in [3.63, 3.8) is 0 Å². The molecule has 0 amide bonds. The van der Waals surface area contributed by atoms with Crippen LogP contribution >= 0.6 is 24.0 Å². The first-order valence-corrected chi connectivity index (χ1v) is 9.64. The minimum atomic E-state index is 0.648. The first kappa shape index (κ1) is 18.6. The molecule has 0 aliphatic carbocycles. The van der Waals surface area contributed by atoms with Gasteiger partial charge < -0.3 is 15.4 Å². The molecule has 0 aliphatic heterocycles. The molecule has 24 heavy (non-hydrogen) atoms. The first-order chi connectivity index (χ1) is 11.7. The van der Waals surface area contributed by atoms with Crippen molar-refractivity contribution in [2.75, 3.05) is 24.2 Å². The number of rotatable bonds is 8. The van der Waals surface area contributed by atoms with Crippen molar-refractivity contribution in [1.82, 2.24) is 5.32 Å². The van der Waals surface area contributed by atoms with Crippen LogP contribution in [0.15, 0.2) is 48.5 Å². The Morgan fingerprint density at radius 1 is 1.17 bits per heavy atom. The van der Waals surface area contributed by atoms with E-state index in [0.717, 1.165) is 29.5 Å². The maximum Gasteiger partial charge on any atom is 0.170 e. The summed E-state index contributed by atoms with van der Waals surface area (Å²) in [6, 6.07) is 16.4. The molecule has 0 radical (unpaired) electrons. The molecule has 0 bridgehead atoms. The number of aryl methyl sites for hydroxylation is 1. The fourth-order valence-electron chi connectivity index (χ4n) is 2.21. The van der Waals surface area contributed by atoms with Crippen LogP contribution in [0.1, 0.15) is 18.1 Å². The Morgan fingerprint density at radius 2 is 1.96 bits per heavy atom. The Balaban J connectivity index is 1.62. The second-order valence-corrected chi connectivity index (χ2v) is 6.89. The van der Waals surface area contributed by atoms with Crippen LogP contribution in [0, 0.1) is 6.92 Å². The van der Waals surface area contributed by atoms with E-state index in [0.29, 0.717) is 11.7 Å². The van der Waals surface area contributed by atoms with Gasteiger partial charge in [-0.3, -0.25) is 0 Å². The van der Waals surface area contributed by atoms with Crippen LogP contribution in [0.4, 0.5) is 5.69 Å². The Bertz CT molecular complexity index is 644. The molecule has 5 heteroatoms. The largest absolute Gasteiger partial charge is 0.494 e. The van der Waals surface area contributed by atoms with Crippen LogP contribution in [-0.2, 0) is 5.75 Å². The van der Waals surface area contributed by atoms with Crippen molar-refractivity contribution in [3.05, 3.63) is 59.7 Å². The minimum absolute atomic E-state index is 0.648. The van der Waals surface area contributed by atoms with Gasteiger partial charge in [-0.05, 0) is 55.9 Å². The molecule has 0 saturated heterocycles. The van der Waals surface area contributed by atoms with E-state index in [9.17, 15) is 0 Å². The molecule has 128 valence electrons. The lowest BCUT2D eigenvalue weighted by Gasteiger charge is -2.11. The minimum Gasteiger partial charge on any atom is -0.494 e. The van der Waals surface area contributed by atoms with Crippen molar-refractivity contribution < 1.29 is 4.74 Å². The fraction of sp³-hybridized carbons (Fsp3) is 0.316. The topological polar surface area (TPSA) is 33.3 Å². The summed E-state index contributed by atoms with van der Waals surface area (Å²) in [6.07, 6.45) is 0. The highest BCUT2D eigenvalue weighted by Gasteiger charge is 1.99. The van der Waals surface area contributed by atoms with Crippen molar-refractivity contribution in [2.24, 2.45) is 0 Å². The standard InChI is InChI=1S/C19H24N2OS2/c1-3-22-18-9-7-17(8-10-18)21-19(23)20-11-12-24-14-16-6-4-5-15(2)13-16/h4-10,13H,3,11-12,14H2,1-2H3,(H2,20,21,23). The van der Waals surface area contributed by atoms with Crippen LogP contribution < -0.4 is 15.4 Å². The number of ether oxygens (including phenoxy) is 1. The fourth-order valence-corrected chi connectivity index (χ4v) is 3.23. The molecule has 2 aromatic carbocycles. The van der Waals surface area contributed by atoms with Crippen molar-refractivity contribution in [2.45, 2.75) is 19.6 Å². The molecule has 2 N–H and O–H groups in total. The van der Waals surface area contributed by atoms with Gasteiger partial charge in [-0.15, -0.1) is 0 Å². The van der Waals surface area contributed by atoms with Crippen LogP contribution in [0.25, 0.3) is 0 Å². The summed E-state index contributed by atoms with van der Waals surface area (Å²) in [5.41, 5.74) is 3.64. The molecule has 0 heterocycles. The van der Waals surface area contributed by atoms with Crippen LogP contribution in [0.5, 0.6) is 5.75 Å². The summed E-state index contributed by atoms with van der Waals surface area (Å²) in [4.78, 5) is 0. The third-order valence-corrected chi connectivity index (χ3v) is 4.58. The smallest absolute Gasteiger partial charge is 0.170 e. The third kappa shape index (κ3) is 6.81. The number of benzene rings is 2. The van der Waals surface area contributed by atoms with Crippen molar-refractivity contribution >= 4 is 34.8 Å². The number of nitrogens with one attached hydrogen (secondary N) is 2. The van der Waals surface area contributed by atoms with Crippen molar-refractivity contribution in [3.8, 4) is 5.75 Å². The summed E-state index contributed by atoms with van der Waals surface area (Å²) in [5.74, 6) is 2.91. The zero-order chi connectivity index (χ0) is 17.2. The number of thioether (sulfide) groups is 1. The molecule has 0 aliphatic rings. The maximum atomic E-state index is 5.42. The zero-order valence-corrected chi connectivity index (χ0v) is 15.8. The highest BCUT2D eigenvalue weighted by molar-refractivity contribution is 7.98. The Labute approximate surface area is 154 Å². The number of anilines is 1. The maximum absolute atomic E-state index is 5.42. The van der Waals surface area contributed by atoms with E-state index >= 15 is 0 Å². The van der Waals surface area contributed by atoms with E-state index in [-0.39, 0.29) is 0 Å².